The second-order valence-corrected chi connectivity index (χ2v) is 8.21. The van der Waals surface area contributed by atoms with Gasteiger partial charge in [-0.25, -0.2) is 0 Å². The Kier molecular flexibility index (Phi) is 4.65. The second-order valence-electron chi connectivity index (χ2n) is 8.21. The van der Waals surface area contributed by atoms with Gasteiger partial charge in [-0.1, -0.05) is 31.2 Å². The van der Waals surface area contributed by atoms with Crippen molar-refractivity contribution in [1.82, 2.24) is 5.32 Å². The van der Waals surface area contributed by atoms with Crippen LogP contribution >= 0.6 is 0 Å². The van der Waals surface area contributed by atoms with Crippen LogP contribution in [0, 0.1) is 0 Å². The molecule has 0 unspecified atom stereocenters. The van der Waals surface area contributed by atoms with E-state index in [0.717, 1.165) is 34.4 Å². The molecule has 1 heterocycles. The summed E-state index contributed by atoms with van der Waals surface area (Å²) in [6.45, 7) is 6.38. The first-order valence-corrected chi connectivity index (χ1v) is 9.87. The quantitative estimate of drug-likeness (QED) is 0.751. The highest BCUT2D eigenvalue weighted by Gasteiger charge is 2.37. The number of nitrogens with one attached hydrogen (secondary N) is 1. The number of hydrogen-bond acceptors (Lipinski definition) is 4. The molecule has 0 saturated heterocycles. The largest absolute Gasteiger partial charge is 0.507 e. The van der Waals surface area contributed by atoms with Gasteiger partial charge in [0.1, 0.15) is 11.5 Å². The fourth-order valence-electron chi connectivity index (χ4n) is 5.21. The molecule has 0 saturated carbocycles. The average Bonchev–Trinajstić information content (AvgIpc) is 2.62. The summed E-state index contributed by atoms with van der Waals surface area (Å²) >= 11 is 0. The minimum Gasteiger partial charge on any atom is -0.507 e. The number of aromatic hydroxyl groups is 1. The third kappa shape index (κ3) is 2.91. The first kappa shape index (κ1) is 18.3. The Bertz CT molecular complexity index is 863. The number of aliphatic hydroxyl groups is 1. The summed E-state index contributed by atoms with van der Waals surface area (Å²) in [7, 11) is 1.69. The van der Waals surface area contributed by atoms with Crippen LogP contribution in [0.3, 0.4) is 0 Å². The van der Waals surface area contributed by atoms with Crippen LogP contribution in [-0.4, -0.2) is 29.5 Å². The minimum atomic E-state index is -0.533. The van der Waals surface area contributed by atoms with Gasteiger partial charge in [0.2, 0.25) is 0 Å². The molecule has 2 aromatic carbocycles. The molecule has 1 aliphatic carbocycles. The molecular weight excluding hydrogens is 338 g/mol. The fourth-order valence-corrected chi connectivity index (χ4v) is 5.21. The maximum atomic E-state index is 11.2. The summed E-state index contributed by atoms with van der Waals surface area (Å²) in [6.07, 6.45) is 1.02. The van der Waals surface area contributed by atoms with Crippen molar-refractivity contribution in [2.75, 3.05) is 7.11 Å². The molecule has 0 bridgehead atoms. The predicted octanol–water partition coefficient (Wildman–Crippen LogP) is 4.00. The van der Waals surface area contributed by atoms with Gasteiger partial charge in [0, 0.05) is 34.7 Å². The highest BCUT2D eigenvalue weighted by atomic mass is 16.5. The van der Waals surface area contributed by atoms with E-state index in [2.05, 4.69) is 38.2 Å². The molecule has 0 fully saturated rings. The molecule has 4 rings (SSSR count). The van der Waals surface area contributed by atoms with Gasteiger partial charge in [-0.15, -0.1) is 0 Å². The molecule has 27 heavy (non-hydrogen) atoms. The summed E-state index contributed by atoms with van der Waals surface area (Å²) in [5.41, 5.74) is 5.18. The van der Waals surface area contributed by atoms with Crippen molar-refractivity contribution >= 4 is 0 Å². The van der Waals surface area contributed by atoms with E-state index in [1.165, 1.54) is 5.56 Å². The van der Waals surface area contributed by atoms with Crippen molar-refractivity contribution in [2.24, 2.45) is 0 Å². The smallest absolute Gasteiger partial charge is 0.124 e. The van der Waals surface area contributed by atoms with Gasteiger partial charge in [-0.2, -0.15) is 0 Å². The van der Waals surface area contributed by atoms with Crippen LogP contribution in [0.15, 0.2) is 30.3 Å². The summed E-state index contributed by atoms with van der Waals surface area (Å²) < 4.78 is 5.60. The van der Waals surface area contributed by atoms with Crippen LogP contribution in [0.25, 0.3) is 0 Å². The van der Waals surface area contributed by atoms with E-state index in [-0.39, 0.29) is 17.9 Å². The number of aliphatic hydroxyl groups excluding tert-OH is 1. The molecule has 3 N–H and O–H groups in total. The molecule has 0 amide bonds. The number of methoxy groups -OCH3 is 1. The third-order valence-electron chi connectivity index (χ3n) is 6.29. The molecule has 5 atom stereocenters. The van der Waals surface area contributed by atoms with Gasteiger partial charge < -0.3 is 20.3 Å². The predicted molar refractivity (Wildman–Crippen MR) is 107 cm³/mol. The van der Waals surface area contributed by atoms with E-state index in [9.17, 15) is 10.2 Å². The Morgan fingerprint density at radius 2 is 1.81 bits per heavy atom. The van der Waals surface area contributed by atoms with E-state index in [1.807, 2.05) is 18.2 Å². The lowest BCUT2D eigenvalue weighted by atomic mass is 9.71. The van der Waals surface area contributed by atoms with Crippen molar-refractivity contribution in [3.05, 3.63) is 58.1 Å². The monoisotopic (exact) mass is 367 g/mol. The summed E-state index contributed by atoms with van der Waals surface area (Å²) in [5, 5.41) is 25.7. The topological polar surface area (TPSA) is 61.7 Å². The van der Waals surface area contributed by atoms with Crippen molar-refractivity contribution in [2.45, 2.75) is 63.6 Å². The summed E-state index contributed by atoms with van der Waals surface area (Å²) in [6, 6.07) is 10.6. The van der Waals surface area contributed by atoms with Crippen molar-refractivity contribution in [3.8, 4) is 11.5 Å². The maximum absolute atomic E-state index is 11.2. The molecule has 2 aromatic rings. The molecule has 2 aliphatic rings. The van der Waals surface area contributed by atoms with Gasteiger partial charge in [-0.3, -0.25) is 0 Å². The lowest BCUT2D eigenvalue weighted by Gasteiger charge is -2.37. The second kappa shape index (κ2) is 6.84. The number of phenolic OH excluding ortho intramolecular Hbond substituents is 1. The number of benzene rings is 2. The van der Waals surface area contributed by atoms with E-state index in [4.69, 9.17) is 4.74 Å². The van der Waals surface area contributed by atoms with Crippen molar-refractivity contribution < 1.29 is 14.9 Å². The van der Waals surface area contributed by atoms with Crippen LogP contribution < -0.4 is 10.1 Å². The standard InChI is InChI=1S/C23H29NO3/c1-12-10-18(25)22(16-6-5-7-19(27-4)20(12)16)17-9-8-15-11-13(2)24-14(3)21(15)23(17)26/h5-9,12-14,18,22,24-26H,10-11H2,1-4H3/t12-,13+,14+,18+,22+/m0/s1. The SMILES string of the molecule is COc1cccc2c1[C@@H](C)C[C@@H](O)[C@H]2c1ccc2c(c1O)[C@@H](C)N[C@H](C)C2. The maximum Gasteiger partial charge on any atom is 0.124 e. The Balaban J connectivity index is 1.88. The Morgan fingerprint density at radius 1 is 1.04 bits per heavy atom. The van der Waals surface area contributed by atoms with Crippen molar-refractivity contribution in [1.29, 1.82) is 0 Å². The molecule has 0 radical (unpaired) electrons. The zero-order chi connectivity index (χ0) is 19.3. The van der Waals surface area contributed by atoms with Crippen LogP contribution in [0.2, 0.25) is 0 Å². The number of ether oxygens (including phenoxy) is 1. The molecular formula is C23H29NO3. The number of hydrogen-bond donors (Lipinski definition) is 3. The van der Waals surface area contributed by atoms with Crippen LogP contribution in [0.5, 0.6) is 11.5 Å². The number of rotatable bonds is 2. The molecule has 0 spiro atoms. The summed E-state index contributed by atoms with van der Waals surface area (Å²) in [5.74, 6) is 1.15. The molecule has 0 aromatic heterocycles. The molecule has 144 valence electrons. The summed E-state index contributed by atoms with van der Waals surface area (Å²) in [4.78, 5) is 0. The van der Waals surface area contributed by atoms with Crippen LogP contribution in [-0.2, 0) is 6.42 Å². The first-order chi connectivity index (χ1) is 12.9. The lowest BCUT2D eigenvalue weighted by Crippen LogP contribution is -2.36. The number of phenols is 1. The zero-order valence-corrected chi connectivity index (χ0v) is 16.5. The van der Waals surface area contributed by atoms with Crippen LogP contribution in [0.4, 0.5) is 0 Å². The highest BCUT2D eigenvalue weighted by Crippen LogP contribution is 2.49. The van der Waals surface area contributed by atoms with E-state index in [0.29, 0.717) is 18.2 Å². The van der Waals surface area contributed by atoms with Crippen molar-refractivity contribution in [3.63, 3.8) is 0 Å². The van der Waals surface area contributed by atoms with Gasteiger partial charge in [0.05, 0.1) is 13.2 Å². The van der Waals surface area contributed by atoms with E-state index in [1.54, 1.807) is 7.11 Å². The third-order valence-corrected chi connectivity index (χ3v) is 6.29. The Hall–Kier alpha value is -2.04. The van der Waals surface area contributed by atoms with Crippen LogP contribution in [0.1, 0.15) is 72.9 Å². The Morgan fingerprint density at radius 3 is 2.56 bits per heavy atom. The van der Waals surface area contributed by atoms with E-state index >= 15 is 0 Å². The average molecular weight is 367 g/mol. The molecule has 4 heteroatoms. The molecule has 4 nitrogen and oxygen atoms in total. The van der Waals surface area contributed by atoms with Gasteiger partial charge in [0.15, 0.2) is 0 Å². The highest BCUT2D eigenvalue weighted by molar-refractivity contribution is 5.56. The minimum absolute atomic E-state index is 0.0909. The zero-order valence-electron chi connectivity index (χ0n) is 16.5. The van der Waals surface area contributed by atoms with E-state index < -0.39 is 6.10 Å². The normalized spacial score (nSPS) is 29.7. The fraction of sp³-hybridized carbons (Fsp3) is 0.478. The van der Waals surface area contributed by atoms with Gasteiger partial charge in [-0.05, 0) is 49.8 Å². The molecule has 1 aliphatic heterocycles. The Labute approximate surface area is 161 Å². The lowest BCUT2D eigenvalue weighted by molar-refractivity contribution is 0.128. The van der Waals surface area contributed by atoms with Gasteiger partial charge in [0.25, 0.3) is 0 Å². The first-order valence-electron chi connectivity index (χ1n) is 9.87. The number of fused-ring (bicyclic) bond motifs is 2. The van der Waals surface area contributed by atoms with Gasteiger partial charge >= 0.3 is 0 Å².